The van der Waals surface area contributed by atoms with E-state index in [1.807, 2.05) is 34.0 Å². The molecule has 4 aromatic rings. The van der Waals surface area contributed by atoms with Crippen molar-refractivity contribution in [3.63, 3.8) is 0 Å². The van der Waals surface area contributed by atoms with Crippen LogP contribution in [0, 0.1) is 11.3 Å². The molecule has 2 amide bonds. The van der Waals surface area contributed by atoms with Crippen LogP contribution >= 0.6 is 27.3 Å². The number of halogens is 1. The standard InChI is InChI=1S/C24H20BrN5O2S/c1-29(23(32)10-16-3-2-4-17(9-16)11-26)14-22(31)27-12-20-13-28-24-30(20)21(15-33-24)18-5-7-19(25)8-6-18/h2-9,13,15H,10,12,14H2,1H3,(H,27,31). The van der Waals surface area contributed by atoms with Gasteiger partial charge < -0.3 is 10.2 Å². The van der Waals surface area contributed by atoms with Crippen LogP contribution in [0.3, 0.4) is 0 Å². The number of hydrogen-bond donors (Lipinski definition) is 1. The second kappa shape index (κ2) is 9.98. The lowest BCUT2D eigenvalue weighted by molar-refractivity contribution is -0.134. The summed E-state index contributed by atoms with van der Waals surface area (Å²) in [6.45, 7) is 0.244. The predicted molar refractivity (Wildman–Crippen MR) is 131 cm³/mol. The Balaban J connectivity index is 1.37. The minimum absolute atomic E-state index is 0.0536. The molecule has 9 heteroatoms. The highest BCUT2D eigenvalue weighted by atomic mass is 79.9. The van der Waals surface area contributed by atoms with E-state index in [9.17, 15) is 9.59 Å². The third kappa shape index (κ3) is 5.30. The van der Waals surface area contributed by atoms with E-state index in [-0.39, 0.29) is 24.8 Å². The molecular formula is C24H20BrN5O2S. The summed E-state index contributed by atoms with van der Waals surface area (Å²) in [5.41, 5.74) is 4.17. The van der Waals surface area contributed by atoms with E-state index in [2.05, 4.69) is 32.3 Å². The Bertz CT molecular complexity index is 1350. The highest BCUT2D eigenvalue weighted by molar-refractivity contribution is 9.10. The molecule has 0 atom stereocenters. The molecule has 0 aliphatic carbocycles. The van der Waals surface area contributed by atoms with Gasteiger partial charge >= 0.3 is 0 Å². The lowest BCUT2D eigenvalue weighted by Gasteiger charge is -2.17. The number of nitriles is 1. The Labute approximate surface area is 203 Å². The molecule has 166 valence electrons. The first-order chi connectivity index (χ1) is 15.9. The zero-order valence-corrected chi connectivity index (χ0v) is 20.2. The van der Waals surface area contributed by atoms with Crippen LogP contribution < -0.4 is 5.32 Å². The second-order valence-corrected chi connectivity index (χ2v) is 9.26. The molecule has 2 heterocycles. The molecule has 33 heavy (non-hydrogen) atoms. The largest absolute Gasteiger partial charge is 0.349 e. The fourth-order valence-electron chi connectivity index (χ4n) is 3.42. The van der Waals surface area contributed by atoms with E-state index in [0.29, 0.717) is 12.1 Å². The Morgan fingerprint density at radius 2 is 2.03 bits per heavy atom. The number of carbonyl (C=O) groups excluding carboxylic acids is 2. The summed E-state index contributed by atoms with van der Waals surface area (Å²) in [7, 11) is 1.59. The van der Waals surface area contributed by atoms with Gasteiger partial charge in [0.2, 0.25) is 11.8 Å². The molecule has 1 N–H and O–H groups in total. The summed E-state index contributed by atoms with van der Waals surface area (Å²) in [5, 5.41) is 13.9. The summed E-state index contributed by atoms with van der Waals surface area (Å²) in [5.74, 6) is -0.450. The summed E-state index contributed by atoms with van der Waals surface area (Å²) < 4.78 is 3.04. The highest BCUT2D eigenvalue weighted by Gasteiger charge is 2.16. The molecular weight excluding hydrogens is 502 g/mol. The van der Waals surface area contributed by atoms with Crippen LogP contribution in [0.15, 0.2) is 64.6 Å². The molecule has 2 aromatic heterocycles. The summed E-state index contributed by atoms with van der Waals surface area (Å²) in [4.78, 5) is 31.7. The van der Waals surface area contributed by atoms with Crippen molar-refractivity contribution in [1.29, 1.82) is 5.26 Å². The van der Waals surface area contributed by atoms with Crippen LogP contribution in [-0.4, -0.2) is 39.7 Å². The van der Waals surface area contributed by atoms with Crippen molar-refractivity contribution in [2.45, 2.75) is 13.0 Å². The number of imidazole rings is 1. The van der Waals surface area contributed by atoms with Gasteiger partial charge in [0.1, 0.15) is 0 Å². The number of amides is 2. The topological polar surface area (TPSA) is 90.5 Å². The Hall–Kier alpha value is -3.48. The van der Waals surface area contributed by atoms with Crippen molar-refractivity contribution in [2.75, 3.05) is 13.6 Å². The number of hydrogen-bond acceptors (Lipinski definition) is 5. The Morgan fingerprint density at radius 1 is 1.24 bits per heavy atom. The van der Waals surface area contributed by atoms with Gasteiger partial charge in [0.15, 0.2) is 4.96 Å². The van der Waals surface area contributed by atoms with Gasteiger partial charge in [-0.3, -0.25) is 14.0 Å². The van der Waals surface area contributed by atoms with Crippen molar-refractivity contribution in [3.8, 4) is 17.3 Å². The van der Waals surface area contributed by atoms with Gasteiger partial charge in [-0.15, -0.1) is 11.3 Å². The fraction of sp³-hybridized carbons (Fsp3) is 0.167. The van der Waals surface area contributed by atoms with E-state index in [1.54, 1.807) is 48.8 Å². The Kier molecular flexibility index (Phi) is 6.87. The molecule has 0 aliphatic rings. The van der Waals surface area contributed by atoms with Crippen molar-refractivity contribution in [3.05, 3.63) is 81.4 Å². The molecule has 0 spiro atoms. The molecule has 0 bridgehead atoms. The first-order valence-electron chi connectivity index (χ1n) is 10.1. The molecule has 0 aliphatic heterocycles. The zero-order chi connectivity index (χ0) is 23.4. The van der Waals surface area contributed by atoms with Gasteiger partial charge in [-0.1, -0.05) is 40.2 Å². The maximum atomic E-state index is 12.5. The smallest absolute Gasteiger partial charge is 0.239 e. The first-order valence-corrected chi connectivity index (χ1v) is 11.8. The SMILES string of the molecule is CN(CC(=O)NCc1cnc2scc(-c3ccc(Br)cc3)n12)C(=O)Cc1cccc(C#N)c1. The molecule has 0 fully saturated rings. The molecule has 0 radical (unpaired) electrons. The fourth-order valence-corrected chi connectivity index (χ4v) is 4.58. The maximum Gasteiger partial charge on any atom is 0.239 e. The number of fused-ring (bicyclic) bond motifs is 1. The van der Waals surface area contributed by atoms with E-state index in [1.165, 1.54) is 4.90 Å². The third-order valence-electron chi connectivity index (χ3n) is 5.14. The number of rotatable bonds is 7. The van der Waals surface area contributed by atoms with E-state index < -0.39 is 0 Å². The second-order valence-electron chi connectivity index (χ2n) is 7.51. The summed E-state index contributed by atoms with van der Waals surface area (Å²) >= 11 is 5.00. The Morgan fingerprint density at radius 3 is 2.79 bits per heavy atom. The van der Waals surface area contributed by atoms with Gasteiger partial charge in [-0.25, -0.2) is 4.98 Å². The summed E-state index contributed by atoms with van der Waals surface area (Å²) in [6, 6.07) is 17.0. The van der Waals surface area contributed by atoms with Gasteiger partial charge in [0, 0.05) is 16.9 Å². The lowest BCUT2D eigenvalue weighted by atomic mass is 10.1. The van der Waals surface area contributed by atoms with Crippen LogP contribution in [0.4, 0.5) is 0 Å². The molecule has 0 unspecified atom stereocenters. The minimum atomic E-state index is -0.257. The molecule has 7 nitrogen and oxygen atoms in total. The highest BCUT2D eigenvalue weighted by Crippen LogP contribution is 2.28. The average Bonchev–Trinajstić information content (AvgIpc) is 3.41. The van der Waals surface area contributed by atoms with Crippen molar-refractivity contribution in [1.82, 2.24) is 19.6 Å². The third-order valence-corrected chi connectivity index (χ3v) is 6.51. The molecule has 4 rings (SSSR count). The molecule has 0 saturated heterocycles. The lowest BCUT2D eigenvalue weighted by Crippen LogP contribution is -2.38. The number of carbonyl (C=O) groups is 2. The first kappa shape index (κ1) is 22.7. The number of benzene rings is 2. The van der Waals surface area contributed by atoms with Crippen LogP contribution in [0.25, 0.3) is 16.2 Å². The zero-order valence-electron chi connectivity index (χ0n) is 17.8. The average molecular weight is 522 g/mol. The molecule has 0 saturated carbocycles. The van der Waals surface area contributed by atoms with Gasteiger partial charge in [0.05, 0.1) is 48.7 Å². The monoisotopic (exact) mass is 521 g/mol. The van der Waals surface area contributed by atoms with Crippen molar-refractivity contribution < 1.29 is 9.59 Å². The minimum Gasteiger partial charge on any atom is -0.349 e. The number of nitrogens with zero attached hydrogens (tertiary/aromatic N) is 4. The van der Waals surface area contributed by atoms with Crippen LogP contribution in [0.2, 0.25) is 0 Å². The predicted octanol–water partition coefficient (Wildman–Crippen LogP) is 4.01. The quantitative estimate of drug-likeness (QED) is 0.397. The van der Waals surface area contributed by atoms with Crippen molar-refractivity contribution in [2.24, 2.45) is 0 Å². The normalized spacial score (nSPS) is 10.7. The number of likely N-dealkylation sites (N-methyl/N-ethyl adjacent to an activating group) is 1. The van der Waals surface area contributed by atoms with Crippen molar-refractivity contribution >= 4 is 44.0 Å². The van der Waals surface area contributed by atoms with E-state index in [4.69, 9.17) is 5.26 Å². The van der Waals surface area contributed by atoms with E-state index >= 15 is 0 Å². The van der Waals surface area contributed by atoms with E-state index in [0.717, 1.165) is 31.9 Å². The number of thiazole rings is 1. The number of aromatic nitrogens is 2. The van der Waals surface area contributed by atoms with Gasteiger partial charge in [-0.05, 0) is 35.4 Å². The summed E-state index contributed by atoms with van der Waals surface area (Å²) in [6.07, 6.45) is 1.89. The number of nitrogens with one attached hydrogen (secondary N) is 1. The van der Waals surface area contributed by atoms with Gasteiger partial charge in [0.25, 0.3) is 0 Å². The maximum absolute atomic E-state index is 12.5. The van der Waals surface area contributed by atoms with Gasteiger partial charge in [-0.2, -0.15) is 5.26 Å². The van der Waals surface area contributed by atoms with Crippen LogP contribution in [-0.2, 0) is 22.6 Å². The van der Waals surface area contributed by atoms with Crippen LogP contribution in [0.5, 0.6) is 0 Å². The van der Waals surface area contributed by atoms with Crippen LogP contribution in [0.1, 0.15) is 16.8 Å². The molecule has 2 aromatic carbocycles.